The molecule has 2 rings (SSSR count). The van der Waals surface area contributed by atoms with E-state index in [1.807, 2.05) is 30.3 Å². The number of carbonyl (C=O) groups is 2. The number of para-hydroxylation sites is 1. The van der Waals surface area contributed by atoms with Gasteiger partial charge >= 0.3 is 12.0 Å². The zero-order chi connectivity index (χ0) is 17.7. The number of benzene rings is 1. The minimum absolute atomic E-state index is 0.130. The second kappa shape index (κ2) is 7.58. The van der Waals surface area contributed by atoms with Gasteiger partial charge in [-0.25, -0.2) is 9.48 Å². The van der Waals surface area contributed by atoms with E-state index >= 15 is 0 Å². The molecule has 128 valence electrons. The number of carboxylic acid groups (broad SMARTS) is 1. The van der Waals surface area contributed by atoms with Crippen molar-refractivity contribution in [3.63, 3.8) is 0 Å². The van der Waals surface area contributed by atoms with Crippen LogP contribution in [0.3, 0.4) is 0 Å². The molecule has 0 aliphatic heterocycles. The highest BCUT2D eigenvalue weighted by Crippen LogP contribution is 2.12. The molecule has 2 amide bonds. The summed E-state index contributed by atoms with van der Waals surface area (Å²) in [5, 5.41) is 19.8. The summed E-state index contributed by atoms with van der Waals surface area (Å²) in [5.74, 6) is -1.57. The molecule has 2 unspecified atom stereocenters. The smallest absolute Gasteiger partial charge is 0.317 e. The second-order valence-electron chi connectivity index (χ2n) is 5.71. The lowest BCUT2D eigenvalue weighted by Gasteiger charge is -2.22. The normalized spacial score (nSPS) is 13.1. The summed E-state index contributed by atoms with van der Waals surface area (Å²) in [6.45, 7) is 3.48. The maximum atomic E-state index is 12.1. The Morgan fingerprint density at radius 3 is 2.58 bits per heavy atom. The van der Waals surface area contributed by atoms with E-state index in [-0.39, 0.29) is 18.6 Å². The summed E-state index contributed by atoms with van der Waals surface area (Å²) in [4.78, 5) is 24.3. The Hall–Kier alpha value is -2.90. The fourth-order valence-corrected chi connectivity index (χ4v) is 2.12. The third kappa shape index (κ3) is 4.31. The van der Waals surface area contributed by atoms with Crippen LogP contribution in [0.5, 0.6) is 0 Å². The molecule has 24 heavy (non-hydrogen) atoms. The highest BCUT2D eigenvalue weighted by molar-refractivity contribution is 5.76. The number of nitrogens with zero attached hydrogens (tertiary/aromatic N) is 4. The van der Waals surface area contributed by atoms with Crippen molar-refractivity contribution in [2.24, 2.45) is 5.92 Å². The van der Waals surface area contributed by atoms with E-state index in [0.717, 1.165) is 5.69 Å². The molecule has 0 fully saturated rings. The highest BCUT2D eigenvalue weighted by Gasteiger charge is 2.20. The van der Waals surface area contributed by atoms with Crippen LogP contribution in [0, 0.1) is 5.92 Å². The minimum atomic E-state index is -0.937. The molecule has 8 nitrogen and oxygen atoms in total. The van der Waals surface area contributed by atoms with Crippen LogP contribution in [0.15, 0.2) is 36.5 Å². The van der Waals surface area contributed by atoms with Crippen LogP contribution in [0.2, 0.25) is 0 Å². The van der Waals surface area contributed by atoms with Gasteiger partial charge in [-0.15, -0.1) is 5.10 Å². The summed E-state index contributed by atoms with van der Waals surface area (Å²) in [6.07, 6.45) is 1.75. The Labute approximate surface area is 140 Å². The topological polar surface area (TPSA) is 100 Å². The first-order valence-electron chi connectivity index (χ1n) is 7.60. The summed E-state index contributed by atoms with van der Waals surface area (Å²) >= 11 is 0. The molecule has 0 bridgehead atoms. The lowest BCUT2D eigenvalue weighted by atomic mass is 10.2. The van der Waals surface area contributed by atoms with E-state index in [4.69, 9.17) is 5.11 Å². The maximum Gasteiger partial charge on any atom is 0.317 e. The van der Waals surface area contributed by atoms with Gasteiger partial charge in [0.2, 0.25) is 0 Å². The summed E-state index contributed by atoms with van der Waals surface area (Å²) in [6, 6.07) is 8.83. The third-order valence-electron chi connectivity index (χ3n) is 3.63. The fraction of sp³-hybridized carbons (Fsp3) is 0.375. The van der Waals surface area contributed by atoms with Crippen LogP contribution < -0.4 is 5.32 Å². The van der Waals surface area contributed by atoms with Gasteiger partial charge in [0, 0.05) is 13.6 Å². The largest absolute Gasteiger partial charge is 0.481 e. The van der Waals surface area contributed by atoms with Gasteiger partial charge in [-0.2, -0.15) is 0 Å². The lowest BCUT2D eigenvalue weighted by molar-refractivity contribution is -0.141. The average molecular weight is 331 g/mol. The van der Waals surface area contributed by atoms with Crippen molar-refractivity contribution in [1.82, 2.24) is 25.2 Å². The van der Waals surface area contributed by atoms with Crippen molar-refractivity contribution in [1.29, 1.82) is 0 Å². The molecule has 0 aliphatic rings. The van der Waals surface area contributed by atoms with Crippen molar-refractivity contribution in [2.75, 3.05) is 13.6 Å². The molecule has 0 saturated heterocycles. The van der Waals surface area contributed by atoms with E-state index in [0.29, 0.717) is 5.69 Å². The predicted octanol–water partition coefficient (Wildman–Crippen LogP) is 1.69. The quantitative estimate of drug-likeness (QED) is 0.839. The van der Waals surface area contributed by atoms with Gasteiger partial charge in [0.05, 0.1) is 23.8 Å². The first kappa shape index (κ1) is 17.5. The molecule has 0 aliphatic carbocycles. The van der Waals surface area contributed by atoms with E-state index in [1.54, 1.807) is 31.8 Å². The van der Waals surface area contributed by atoms with Gasteiger partial charge in [-0.1, -0.05) is 30.3 Å². The van der Waals surface area contributed by atoms with Crippen molar-refractivity contribution in [3.8, 4) is 5.69 Å². The second-order valence-corrected chi connectivity index (χ2v) is 5.71. The molecule has 1 aromatic heterocycles. The van der Waals surface area contributed by atoms with Crippen LogP contribution >= 0.6 is 0 Å². The number of nitrogens with one attached hydrogen (secondary N) is 1. The van der Waals surface area contributed by atoms with Crippen LogP contribution in [0.25, 0.3) is 5.69 Å². The molecule has 1 aromatic carbocycles. The number of rotatable bonds is 6. The first-order chi connectivity index (χ1) is 11.4. The number of aromatic nitrogens is 3. The Bertz CT molecular complexity index is 701. The average Bonchev–Trinajstić information content (AvgIpc) is 3.05. The molecule has 8 heteroatoms. The number of carboxylic acids is 1. The number of carbonyl (C=O) groups excluding carboxylic acids is 1. The molecule has 0 saturated carbocycles. The van der Waals surface area contributed by atoms with Crippen molar-refractivity contribution in [3.05, 3.63) is 42.2 Å². The van der Waals surface area contributed by atoms with Crippen molar-refractivity contribution >= 4 is 12.0 Å². The third-order valence-corrected chi connectivity index (χ3v) is 3.63. The Morgan fingerprint density at radius 2 is 1.96 bits per heavy atom. The molecule has 2 atom stereocenters. The summed E-state index contributed by atoms with van der Waals surface area (Å²) in [5.41, 5.74) is 1.49. The molecule has 1 heterocycles. The number of hydrogen-bond donors (Lipinski definition) is 2. The Balaban J connectivity index is 1.97. The number of urea groups is 1. The number of amides is 2. The molecule has 2 aromatic rings. The lowest BCUT2D eigenvalue weighted by Crippen LogP contribution is -2.41. The van der Waals surface area contributed by atoms with E-state index in [2.05, 4.69) is 15.6 Å². The molecular weight excluding hydrogens is 310 g/mol. The number of hydrogen-bond acceptors (Lipinski definition) is 4. The minimum Gasteiger partial charge on any atom is -0.481 e. The molecular formula is C16H21N5O3. The van der Waals surface area contributed by atoms with Crippen molar-refractivity contribution in [2.45, 2.75) is 19.9 Å². The van der Waals surface area contributed by atoms with E-state index in [1.165, 1.54) is 4.90 Å². The zero-order valence-corrected chi connectivity index (χ0v) is 13.9. The molecule has 0 spiro atoms. The van der Waals surface area contributed by atoms with E-state index < -0.39 is 11.9 Å². The Kier molecular flexibility index (Phi) is 5.51. The summed E-state index contributed by atoms with van der Waals surface area (Å²) < 4.78 is 1.63. The fourth-order valence-electron chi connectivity index (χ4n) is 2.12. The van der Waals surface area contributed by atoms with Gasteiger partial charge in [-0.3, -0.25) is 4.79 Å². The maximum absolute atomic E-state index is 12.1. The zero-order valence-electron chi connectivity index (χ0n) is 13.9. The molecule has 2 N–H and O–H groups in total. The van der Waals surface area contributed by atoms with Crippen LogP contribution in [-0.4, -0.2) is 50.6 Å². The van der Waals surface area contributed by atoms with Crippen molar-refractivity contribution < 1.29 is 14.7 Å². The predicted molar refractivity (Wildman–Crippen MR) is 87.7 cm³/mol. The van der Waals surface area contributed by atoms with Gasteiger partial charge in [-0.05, 0) is 19.1 Å². The van der Waals surface area contributed by atoms with Crippen LogP contribution in [0.4, 0.5) is 4.79 Å². The summed E-state index contributed by atoms with van der Waals surface area (Å²) in [7, 11) is 1.56. The van der Waals surface area contributed by atoms with Gasteiger partial charge in [0.1, 0.15) is 5.69 Å². The first-order valence-corrected chi connectivity index (χ1v) is 7.60. The molecule has 0 radical (unpaired) electrons. The van der Waals surface area contributed by atoms with Gasteiger partial charge in [0.25, 0.3) is 0 Å². The monoisotopic (exact) mass is 331 g/mol. The Morgan fingerprint density at radius 1 is 1.29 bits per heavy atom. The van der Waals surface area contributed by atoms with Gasteiger partial charge < -0.3 is 15.3 Å². The SMILES string of the molecule is CC(CN(C)C(=O)NC(C)c1cn(-c2ccccc2)nn1)C(=O)O. The highest BCUT2D eigenvalue weighted by atomic mass is 16.4. The van der Waals surface area contributed by atoms with Crippen LogP contribution in [-0.2, 0) is 4.79 Å². The van der Waals surface area contributed by atoms with E-state index in [9.17, 15) is 9.59 Å². The van der Waals surface area contributed by atoms with Crippen LogP contribution in [0.1, 0.15) is 25.6 Å². The number of aliphatic carboxylic acids is 1. The standard InChI is InChI=1S/C16H21N5O3/c1-11(15(22)23)9-20(3)16(24)17-12(2)14-10-21(19-18-14)13-7-5-4-6-8-13/h4-8,10-12H,9H2,1-3H3,(H,17,24)(H,22,23). The van der Waals surface area contributed by atoms with Gasteiger partial charge in [0.15, 0.2) is 0 Å².